The Morgan fingerprint density at radius 3 is 1.81 bits per heavy atom. The van der Waals surface area contributed by atoms with Crippen molar-refractivity contribution in [3.8, 4) is 0 Å². The zero-order chi connectivity index (χ0) is 82.1. The van der Waals surface area contributed by atoms with Crippen molar-refractivity contribution in [3.05, 3.63) is 12.2 Å². The van der Waals surface area contributed by atoms with Gasteiger partial charge in [-0.15, -0.1) is 0 Å². The van der Waals surface area contributed by atoms with Crippen LogP contribution in [-0.2, 0) is 62.3 Å². The Morgan fingerprint density at radius 2 is 1.25 bits per heavy atom. The molecule has 4 saturated carbocycles. The molecule has 33 heteroatoms. The Labute approximate surface area is 642 Å². The van der Waals surface area contributed by atoms with Crippen LogP contribution in [0.15, 0.2) is 12.2 Å². The molecule has 110 heavy (non-hydrogen) atoms. The lowest BCUT2D eigenvalue weighted by molar-refractivity contribution is -0.219. The summed E-state index contributed by atoms with van der Waals surface area (Å²) in [7, 11) is 10.9. The second kappa shape index (κ2) is 37.6. The Hall–Kier alpha value is -7.22. The van der Waals surface area contributed by atoms with Crippen LogP contribution in [0.1, 0.15) is 183 Å². The number of fused-ring (bicyclic) bond motifs is 3. The summed E-state index contributed by atoms with van der Waals surface area (Å²) in [5.74, 6) is -17.1. The van der Waals surface area contributed by atoms with E-state index >= 15 is 37.5 Å². The number of carbonyl (C=O) groups excluding carboxylic acids is 12. The van der Waals surface area contributed by atoms with Crippen LogP contribution >= 0.6 is 0 Å². The van der Waals surface area contributed by atoms with Gasteiger partial charge in [-0.25, -0.2) is 8.78 Å². The highest BCUT2D eigenvalue weighted by molar-refractivity contribution is 6.01. The average Bonchev–Trinajstić information content (AvgIpc) is 1.05. The first kappa shape index (κ1) is 90.0. The highest BCUT2D eigenvalue weighted by atomic mass is 19.4. The van der Waals surface area contributed by atoms with Gasteiger partial charge in [-0.2, -0.15) is 26.3 Å². The molecule has 3 aliphatic heterocycles. The topological polar surface area (TPSA) is 279 Å². The van der Waals surface area contributed by atoms with Crippen molar-refractivity contribution in [2.24, 2.45) is 46.8 Å². The molecule has 6 fully saturated rings. The first-order valence-corrected chi connectivity index (χ1v) is 39.2. The van der Waals surface area contributed by atoms with Crippen molar-refractivity contribution < 1.29 is 97.4 Å². The maximum absolute atomic E-state index is 15.8. The number of hydrogen-bond donors (Lipinski definition) is 3. The average molecular weight is 1570 g/mol. The van der Waals surface area contributed by atoms with E-state index in [1.807, 2.05) is 27.7 Å². The summed E-state index contributed by atoms with van der Waals surface area (Å²) in [6, 6.07) is -11.5. The summed E-state index contributed by atoms with van der Waals surface area (Å²) in [4.78, 5) is 192. The highest BCUT2D eigenvalue weighted by Gasteiger charge is 2.60. The minimum Gasteiger partial charge on any atom is -0.377 e. The van der Waals surface area contributed by atoms with Gasteiger partial charge in [0.1, 0.15) is 72.1 Å². The third-order valence-electron chi connectivity index (χ3n) is 24.3. The van der Waals surface area contributed by atoms with E-state index in [1.165, 1.54) is 71.1 Å². The van der Waals surface area contributed by atoms with E-state index in [0.29, 0.717) is 32.1 Å². The van der Waals surface area contributed by atoms with Gasteiger partial charge in [0.25, 0.3) is 0 Å². The Morgan fingerprint density at radius 1 is 0.645 bits per heavy atom. The minimum atomic E-state index is -5.22. The largest absolute Gasteiger partial charge is 0.397 e. The fourth-order valence-electron chi connectivity index (χ4n) is 18.0. The quantitative estimate of drug-likeness (QED) is 0.124. The predicted molar refractivity (Wildman–Crippen MR) is 390 cm³/mol. The van der Waals surface area contributed by atoms with E-state index in [2.05, 4.69) is 16.0 Å². The van der Waals surface area contributed by atoms with E-state index in [0.717, 1.165) is 29.4 Å². The van der Waals surface area contributed by atoms with Crippen LogP contribution < -0.4 is 16.0 Å². The summed E-state index contributed by atoms with van der Waals surface area (Å²) in [6.45, 7) is 10.6. The van der Waals surface area contributed by atoms with E-state index in [4.69, 9.17) is 4.74 Å². The molecule has 2 bridgehead atoms. The molecule has 7 aliphatic rings. The fraction of sp³-hybridized carbons (Fsp3) is 0.818. The zero-order valence-corrected chi connectivity index (χ0v) is 66.8. The molecule has 1 spiro atoms. The zero-order valence-electron chi connectivity index (χ0n) is 66.8. The van der Waals surface area contributed by atoms with Gasteiger partial charge < -0.3 is 64.8 Å². The second-order valence-electron chi connectivity index (χ2n) is 33.8. The summed E-state index contributed by atoms with van der Waals surface area (Å²) >= 11 is 0. The first-order valence-electron chi connectivity index (χ1n) is 39.2. The predicted octanol–water partition coefficient (Wildman–Crippen LogP) is 6.99. The summed E-state index contributed by atoms with van der Waals surface area (Å²) < 4.78 is 122. The molecule has 12 amide bonds. The lowest BCUT2D eigenvalue weighted by Gasteiger charge is -2.54. The monoisotopic (exact) mass is 1570 g/mol. The van der Waals surface area contributed by atoms with E-state index < -0.39 is 235 Å². The lowest BCUT2D eigenvalue weighted by Crippen LogP contribution is -2.71. The fourth-order valence-corrected chi connectivity index (χ4v) is 18.0. The molecule has 4 aliphatic carbocycles. The highest BCUT2D eigenvalue weighted by Crippen LogP contribution is 2.50. The molecule has 3 heterocycles. The third kappa shape index (κ3) is 21.8. The molecular formula is C77H120F8N12O13. The standard InChI is InChI=1S/C77H120F8N12O13/c1-16-45(5)63-71(107)91(11)41-61(100)92(12)54-25-19-18-22-32-96(70(54)106)58(36-46-26-29-49(30-27-46)76(80,81)82)69(105)90(10)40-59(98)86-53(31-28-47-34-51(78)62(52(79)35-47)77(83,84)85)67(103)97-39-50(110-17-2)37-56(97)66(102)88-75(42-74(6,7)43-75)73(109)95(15)64(48-23-20-21-24-48)72(108)94(14)57(68(104)89(8)9)38-60(99)93(13)55(33-44(3)4)65(101)87-63/h18-19,44-58,62-64H,16-17,20-43H2,1-15H3,(H,86,98)(H,87,101)(H,88,102)/b19-18-/t45-,46?,47?,49?,50+,51?,52?,53-,54-,55-,56-,57-,58-,62?,63-,64-/m0/s1. The molecule has 0 aromatic heterocycles. The van der Waals surface area contributed by atoms with Crippen molar-refractivity contribution in [2.75, 3.05) is 89.2 Å². The second-order valence-corrected chi connectivity index (χ2v) is 33.8. The van der Waals surface area contributed by atoms with Gasteiger partial charge >= 0.3 is 12.4 Å². The van der Waals surface area contributed by atoms with Crippen LogP contribution in [0.5, 0.6) is 0 Å². The smallest absolute Gasteiger partial charge is 0.377 e. The molecule has 622 valence electrons. The molecule has 0 aromatic rings. The number of amides is 12. The number of nitrogens with zero attached hydrogens (tertiary/aromatic N) is 9. The first-order chi connectivity index (χ1) is 51.3. The van der Waals surface area contributed by atoms with Crippen molar-refractivity contribution in [1.82, 2.24) is 60.0 Å². The molecule has 0 aromatic carbocycles. The van der Waals surface area contributed by atoms with Gasteiger partial charge in [0, 0.05) is 82.5 Å². The molecule has 0 radical (unpaired) electrons. The summed E-state index contributed by atoms with van der Waals surface area (Å²) in [5.41, 5.74) is -2.37. The number of ether oxygens (including phenoxy) is 1. The van der Waals surface area contributed by atoms with Crippen LogP contribution in [-0.4, -0.2) is 289 Å². The van der Waals surface area contributed by atoms with Gasteiger partial charge in [0.15, 0.2) is 0 Å². The molecule has 2 saturated heterocycles. The van der Waals surface area contributed by atoms with E-state index in [-0.39, 0.29) is 103 Å². The van der Waals surface area contributed by atoms with E-state index in [1.54, 1.807) is 32.9 Å². The number of alkyl halides is 8. The molecule has 2 unspecified atom stereocenters. The molecule has 7 rings (SSSR count). The number of likely N-dealkylation sites (N-methyl/N-ethyl adjacent to an activating group) is 7. The molecule has 3 N–H and O–H groups in total. The number of hydrogen-bond acceptors (Lipinski definition) is 13. The van der Waals surface area contributed by atoms with Crippen molar-refractivity contribution in [1.29, 1.82) is 0 Å². The van der Waals surface area contributed by atoms with Crippen molar-refractivity contribution in [3.63, 3.8) is 0 Å². The van der Waals surface area contributed by atoms with Gasteiger partial charge in [-0.05, 0) is 145 Å². The lowest BCUT2D eigenvalue weighted by atomic mass is 9.58. The normalized spacial score (nSPS) is 32.1. The maximum atomic E-state index is 15.8. The third-order valence-corrected chi connectivity index (χ3v) is 24.3. The Kier molecular flexibility index (Phi) is 30.8. The Bertz CT molecular complexity index is 3310. The van der Waals surface area contributed by atoms with Gasteiger partial charge in [-0.1, -0.05) is 73.0 Å². The maximum Gasteiger partial charge on any atom is 0.397 e. The van der Waals surface area contributed by atoms with Gasteiger partial charge in [-0.3, -0.25) is 57.5 Å². The Balaban J connectivity index is 1.34. The van der Waals surface area contributed by atoms with E-state index in [9.17, 15) is 55.1 Å². The van der Waals surface area contributed by atoms with Crippen molar-refractivity contribution in [2.45, 2.75) is 268 Å². The number of halogens is 8. The number of rotatable bonds is 13. The van der Waals surface area contributed by atoms with Crippen LogP contribution in [0.2, 0.25) is 0 Å². The van der Waals surface area contributed by atoms with Crippen LogP contribution in [0.4, 0.5) is 35.1 Å². The molecule has 25 nitrogen and oxygen atoms in total. The molecule has 12 atom stereocenters. The minimum absolute atomic E-state index is 0.00707. The summed E-state index contributed by atoms with van der Waals surface area (Å²) in [5, 5.41) is 8.48. The van der Waals surface area contributed by atoms with Crippen LogP contribution in [0.25, 0.3) is 0 Å². The van der Waals surface area contributed by atoms with Crippen molar-refractivity contribution >= 4 is 70.9 Å². The number of nitrogens with one attached hydrogen (secondary N) is 3. The van der Waals surface area contributed by atoms with Gasteiger partial charge in [0.2, 0.25) is 70.9 Å². The molecular weight excluding hydrogens is 1450 g/mol. The van der Waals surface area contributed by atoms with Gasteiger partial charge in [0.05, 0.1) is 31.5 Å². The number of carbonyl (C=O) groups is 12. The SMILES string of the molecule is CCO[C@@H]1C[C@H]2C(=O)NC3(CC(C)(C)C3)C(=O)N(C)[C@@H](C3CCCC3)C(=O)N(C)[C@H](C(=O)N(C)C)CC(=O)N(C)[C@@H](CC(C)C)C(=O)N[C@@H]([C@@H](C)CC)C(=O)N(C)CC(=O)N(C)[C@H]3C/C=C\CCN(C3=O)[C@@H](CC3CCC(C(F)(F)F)CC3)C(=O)N(C)CC(=O)N[C@@H](CCC3CC(F)C(C(F)(F)F)C(F)C3)C(=O)N2C1. The van der Waals surface area contributed by atoms with Crippen LogP contribution in [0.3, 0.4) is 0 Å². The van der Waals surface area contributed by atoms with Crippen LogP contribution in [0, 0.1) is 46.8 Å². The summed E-state index contributed by atoms with van der Waals surface area (Å²) in [6.07, 6.45) is -13.8.